The van der Waals surface area contributed by atoms with Gasteiger partial charge in [0.1, 0.15) is 69.0 Å². The molecule has 340 valence electrons. The number of rotatable bonds is 4. The van der Waals surface area contributed by atoms with Crippen LogP contribution in [-0.2, 0) is 5.41 Å². The average Bonchev–Trinajstić information content (AvgIpc) is 3.63. The second-order valence-corrected chi connectivity index (χ2v) is 18.0. The Kier molecular flexibility index (Phi) is 11.6. The van der Waals surface area contributed by atoms with Crippen molar-refractivity contribution in [3.8, 4) is 80.1 Å². The molecule has 1 aliphatic carbocycles. The summed E-state index contributed by atoms with van der Waals surface area (Å²) in [5, 5.41) is 2.28. The van der Waals surface area contributed by atoms with E-state index >= 15 is 0 Å². The summed E-state index contributed by atoms with van der Waals surface area (Å²) in [5.41, 5.74) is 9.79. The Morgan fingerprint density at radius 1 is 0.362 bits per heavy atom. The van der Waals surface area contributed by atoms with E-state index in [0.717, 1.165) is 59.4 Å². The van der Waals surface area contributed by atoms with E-state index in [1.54, 1.807) is 0 Å². The molecule has 12 bridgehead atoms. The van der Waals surface area contributed by atoms with E-state index in [2.05, 4.69) is 88.4 Å². The Morgan fingerprint density at radius 2 is 0.725 bits per heavy atom. The van der Waals surface area contributed by atoms with Crippen LogP contribution in [0.5, 0.6) is 69.0 Å². The number of benzene rings is 9. The molecule has 0 unspecified atom stereocenters. The molecule has 0 saturated carbocycles. The summed E-state index contributed by atoms with van der Waals surface area (Å²) in [7, 11) is 0. The number of hydrogen-bond donors (Lipinski definition) is 0. The predicted molar refractivity (Wildman–Crippen MR) is 277 cm³/mol. The summed E-state index contributed by atoms with van der Waals surface area (Å²) in [6.07, 6.45) is 8.64. The van der Waals surface area contributed by atoms with Gasteiger partial charge in [-0.1, -0.05) is 92.4 Å². The van der Waals surface area contributed by atoms with Gasteiger partial charge in [0.05, 0.1) is 0 Å². The highest BCUT2D eigenvalue weighted by Gasteiger charge is 2.45. The quantitative estimate of drug-likeness (QED) is 0.175. The Labute approximate surface area is 404 Å². The van der Waals surface area contributed by atoms with Gasteiger partial charge < -0.3 is 28.4 Å². The van der Waals surface area contributed by atoms with Crippen LogP contribution in [0.25, 0.3) is 34.1 Å². The molecule has 0 aromatic heterocycles. The van der Waals surface area contributed by atoms with Gasteiger partial charge in [-0.15, -0.1) is 0 Å². The molecular weight excluding hydrogens is 853 g/mol. The highest BCUT2D eigenvalue weighted by Crippen LogP contribution is 2.60. The highest BCUT2D eigenvalue weighted by atomic mass is 16.5. The molecule has 0 spiro atoms. The third-order valence-electron chi connectivity index (χ3n) is 13.1. The average molecular weight is 905 g/mol. The zero-order valence-electron chi connectivity index (χ0n) is 39.3. The molecule has 11 aliphatic rings. The van der Waals surface area contributed by atoms with Crippen LogP contribution in [0.2, 0.25) is 0 Å². The van der Waals surface area contributed by atoms with E-state index in [4.69, 9.17) is 28.4 Å². The zero-order valence-corrected chi connectivity index (χ0v) is 39.3. The van der Waals surface area contributed by atoms with Gasteiger partial charge in [0, 0.05) is 16.4 Å². The maximum Gasteiger partial charge on any atom is 0.142 e. The lowest BCUT2D eigenvalue weighted by Gasteiger charge is -2.34. The summed E-state index contributed by atoms with van der Waals surface area (Å²) in [6, 6.07) is 60.3. The normalized spacial score (nSPS) is 13.8. The number of ether oxygens (including phenoxy) is 6. The molecule has 0 radical (unpaired) electrons. The van der Waals surface area contributed by atoms with E-state index < -0.39 is 0 Å². The van der Waals surface area contributed by atoms with Crippen molar-refractivity contribution in [2.75, 3.05) is 0 Å². The molecule has 20 rings (SSSR count). The van der Waals surface area contributed by atoms with Gasteiger partial charge in [-0.2, -0.15) is 0 Å². The van der Waals surface area contributed by atoms with Gasteiger partial charge in [0.2, 0.25) is 0 Å². The Bertz CT molecular complexity index is 3310. The number of hydrogen-bond acceptors (Lipinski definition) is 6. The fourth-order valence-electron chi connectivity index (χ4n) is 10.0. The molecule has 6 nitrogen and oxygen atoms in total. The van der Waals surface area contributed by atoms with Crippen LogP contribution in [-0.4, -0.2) is 0 Å². The van der Waals surface area contributed by atoms with E-state index in [0.29, 0.717) is 51.7 Å². The van der Waals surface area contributed by atoms with Gasteiger partial charge in [0.15, 0.2) is 0 Å². The van der Waals surface area contributed by atoms with Gasteiger partial charge in [-0.05, 0) is 199 Å². The van der Waals surface area contributed by atoms with Crippen LogP contribution >= 0.6 is 0 Å². The molecule has 69 heavy (non-hydrogen) atoms. The largest absolute Gasteiger partial charge is 0.457 e. The standard InChI is InChI=1S/C63H52O6/c1-5-37-63(38-6-2)59-40-42(4)8-35-56(59)60-55-34-7-41(3)39-58(55)62-57(61(60)63)36-11-43-9-12-44(13-10-43)64-45-14-16-46(17-15-45)65-47-18-20-48(21-19-47)66-49-22-24-50(25-23-49)67-51-26-28-52(29-27-51)68-53-30-32-54(69-62)33-31-53/h7-36,39-40H,5-6,37-38H2,1-4H3/b36-11-. The third-order valence-corrected chi connectivity index (χ3v) is 13.1. The Hall–Kier alpha value is -8.22. The van der Waals surface area contributed by atoms with E-state index in [1.807, 2.05) is 133 Å². The second-order valence-electron chi connectivity index (χ2n) is 18.0. The minimum Gasteiger partial charge on any atom is -0.457 e. The summed E-state index contributed by atoms with van der Waals surface area (Å²) in [5.74, 6) is 8.54. The van der Waals surface area contributed by atoms with E-state index in [-0.39, 0.29) is 5.41 Å². The van der Waals surface area contributed by atoms with Gasteiger partial charge >= 0.3 is 0 Å². The summed E-state index contributed by atoms with van der Waals surface area (Å²) in [6.45, 7) is 9.00. The molecule has 10 aliphatic heterocycles. The van der Waals surface area contributed by atoms with Gasteiger partial charge in [-0.25, -0.2) is 0 Å². The smallest absolute Gasteiger partial charge is 0.142 e. The lowest BCUT2D eigenvalue weighted by atomic mass is 9.69. The van der Waals surface area contributed by atoms with Crippen molar-refractivity contribution >= 4 is 22.9 Å². The summed E-state index contributed by atoms with van der Waals surface area (Å²) < 4.78 is 38.3. The van der Waals surface area contributed by atoms with Crippen LogP contribution in [0.3, 0.4) is 0 Å². The van der Waals surface area contributed by atoms with E-state index in [9.17, 15) is 0 Å². The maximum absolute atomic E-state index is 7.22. The molecule has 0 fully saturated rings. The van der Waals surface area contributed by atoms with Crippen LogP contribution in [0, 0.1) is 13.8 Å². The molecule has 0 atom stereocenters. The van der Waals surface area contributed by atoms with Crippen molar-refractivity contribution in [2.24, 2.45) is 0 Å². The fourth-order valence-corrected chi connectivity index (χ4v) is 10.0. The van der Waals surface area contributed by atoms with Crippen LogP contribution in [0.1, 0.15) is 72.9 Å². The lowest BCUT2D eigenvalue weighted by Crippen LogP contribution is -2.26. The van der Waals surface area contributed by atoms with Crippen LogP contribution in [0.4, 0.5) is 0 Å². The highest BCUT2D eigenvalue weighted by molar-refractivity contribution is 6.09. The number of aryl methyl sites for hydroxylation is 2. The van der Waals surface area contributed by atoms with E-state index in [1.165, 1.54) is 38.8 Å². The molecule has 6 heteroatoms. The summed E-state index contributed by atoms with van der Waals surface area (Å²) in [4.78, 5) is 0. The molecule has 0 saturated heterocycles. The number of fused-ring (bicyclic) bond motifs is 5. The Balaban J connectivity index is 1.01. The first kappa shape index (κ1) is 43.4. The molecule has 0 N–H and O–H groups in total. The van der Waals surface area contributed by atoms with Crippen LogP contribution in [0.15, 0.2) is 182 Å². The Morgan fingerprint density at radius 3 is 1.13 bits per heavy atom. The maximum atomic E-state index is 7.22. The van der Waals surface area contributed by atoms with Gasteiger partial charge in [-0.3, -0.25) is 0 Å². The van der Waals surface area contributed by atoms with Crippen molar-refractivity contribution in [1.29, 1.82) is 0 Å². The monoisotopic (exact) mass is 904 g/mol. The fraction of sp³-hybridized carbons (Fsp3) is 0.143. The lowest BCUT2D eigenvalue weighted by molar-refractivity contribution is 0.430. The molecule has 9 aromatic carbocycles. The van der Waals surface area contributed by atoms with Crippen molar-refractivity contribution in [3.63, 3.8) is 0 Å². The van der Waals surface area contributed by atoms with Crippen molar-refractivity contribution in [3.05, 3.63) is 215 Å². The minimum atomic E-state index is -0.202. The molecule has 10 heterocycles. The first-order chi connectivity index (χ1) is 33.8. The van der Waals surface area contributed by atoms with Crippen molar-refractivity contribution in [1.82, 2.24) is 0 Å². The molecule has 9 aromatic rings. The SMILES string of the molecule is CCCC1(CCC)c2cc(C)ccc2-c2c1c1c(c3cc(C)ccc23)Oc2ccc(cc2)Oc2ccc(cc2)Oc2ccc(cc2)Oc2ccc(cc2)Oc2ccc(cc2)Oc2ccc(cc2)/C=C\1. The van der Waals surface area contributed by atoms with Crippen LogP contribution < -0.4 is 28.4 Å². The third kappa shape index (κ3) is 8.78. The first-order valence-corrected chi connectivity index (χ1v) is 23.9. The molecule has 0 amide bonds. The second kappa shape index (κ2) is 18.5. The summed E-state index contributed by atoms with van der Waals surface area (Å²) >= 11 is 0. The minimum absolute atomic E-state index is 0.202. The predicted octanol–water partition coefficient (Wildman–Crippen LogP) is 18.6. The first-order valence-electron chi connectivity index (χ1n) is 23.9. The van der Waals surface area contributed by atoms with Gasteiger partial charge in [0.25, 0.3) is 0 Å². The van der Waals surface area contributed by atoms with Crippen molar-refractivity contribution in [2.45, 2.75) is 58.8 Å². The topological polar surface area (TPSA) is 55.4 Å². The van der Waals surface area contributed by atoms with Crippen molar-refractivity contribution < 1.29 is 28.4 Å². The zero-order chi connectivity index (χ0) is 46.9. The molecular formula is C63H52O6.